The Morgan fingerprint density at radius 2 is 2.12 bits per heavy atom. The average molecular weight is 332 g/mol. The fourth-order valence-electron chi connectivity index (χ4n) is 2.41. The zero-order chi connectivity index (χ0) is 17.6. The predicted molar refractivity (Wildman–Crippen MR) is 93.4 cm³/mol. The van der Waals surface area contributed by atoms with Gasteiger partial charge < -0.3 is 10.1 Å². The van der Waals surface area contributed by atoms with Gasteiger partial charge in [0.1, 0.15) is 5.75 Å². The van der Waals surface area contributed by atoms with E-state index < -0.39 is 0 Å². The van der Waals surface area contributed by atoms with Crippen molar-refractivity contribution in [1.29, 1.82) is 5.26 Å². The largest absolute Gasteiger partial charge is 0.497 e. The van der Waals surface area contributed by atoms with Crippen LogP contribution in [-0.2, 0) is 6.54 Å². The van der Waals surface area contributed by atoms with E-state index in [4.69, 9.17) is 10.00 Å². The Morgan fingerprint density at radius 1 is 1.28 bits per heavy atom. The van der Waals surface area contributed by atoms with Gasteiger partial charge in [-0.15, -0.1) is 0 Å². The molecular weight excluding hydrogens is 316 g/mol. The summed E-state index contributed by atoms with van der Waals surface area (Å²) in [5.41, 5.74) is 2.51. The number of carbonyl (C=O) groups is 1. The first-order valence-corrected chi connectivity index (χ1v) is 7.65. The lowest BCUT2D eigenvalue weighted by Crippen LogP contribution is -2.11. The lowest BCUT2D eigenvalue weighted by atomic mass is 10.1. The summed E-state index contributed by atoms with van der Waals surface area (Å²) in [6.07, 6.45) is 3.34. The second-order valence-electron chi connectivity index (χ2n) is 5.42. The number of benzene rings is 2. The van der Waals surface area contributed by atoms with E-state index in [9.17, 15) is 4.79 Å². The van der Waals surface area contributed by atoms with Crippen LogP contribution in [-0.4, -0.2) is 22.8 Å². The predicted octanol–water partition coefficient (Wildman–Crippen LogP) is 3.06. The molecule has 0 aliphatic carbocycles. The third-order valence-electron chi connectivity index (χ3n) is 3.62. The van der Waals surface area contributed by atoms with Crippen LogP contribution in [0.3, 0.4) is 0 Å². The van der Waals surface area contributed by atoms with Gasteiger partial charge in [0.15, 0.2) is 0 Å². The average Bonchev–Trinajstić information content (AvgIpc) is 3.08. The third-order valence-corrected chi connectivity index (χ3v) is 3.62. The Labute approximate surface area is 145 Å². The third kappa shape index (κ3) is 4.03. The maximum Gasteiger partial charge on any atom is 0.255 e. The molecule has 0 aliphatic rings. The summed E-state index contributed by atoms with van der Waals surface area (Å²) < 4.78 is 6.94. The SMILES string of the molecule is COc1cccc(Cn2cc(NC(=O)c3cccc(C#N)c3)cn2)c1. The van der Waals surface area contributed by atoms with Gasteiger partial charge in [0, 0.05) is 11.8 Å². The molecule has 0 aliphatic heterocycles. The standard InChI is InChI=1S/C19H16N4O2/c1-25-18-7-3-5-15(9-18)12-23-13-17(11-21-23)22-19(24)16-6-2-4-14(8-16)10-20/h2-9,11,13H,12H2,1H3,(H,22,24). The van der Waals surface area contributed by atoms with Crippen molar-refractivity contribution in [3.05, 3.63) is 77.6 Å². The van der Waals surface area contributed by atoms with Crippen molar-refractivity contribution in [2.24, 2.45) is 0 Å². The van der Waals surface area contributed by atoms with Gasteiger partial charge in [0.2, 0.25) is 0 Å². The lowest BCUT2D eigenvalue weighted by Gasteiger charge is -2.05. The van der Waals surface area contributed by atoms with E-state index in [-0.39, 0.29) is 5.91 Å². The van der Waals surface area contributed by atoms with Crippen LogP contribution in [0.2, 0.25) is 0 Å². The summed E-state index contributed by atoms with van der Waals surface area (Å²) >= 11 is 0. The van der Waals surface area contributed by atoms with E-state index >= 15 is 0 Å². The minimum absolute atomic E-state index is 0.280. The first kappa shape index (κ1) is 16.3. The number of aromatic nitrogens is 2. The van der Waals surface area contributed by atoms with E-state index in [2.05, 4.69) is 10.4 Å². The highest BCUT2D eigenvalue weighted by Gasteiger charge is 2.08. The topological polar surface area (TPSA) is 79.9 Å². The number of nitriles is 1. The van der Waals surface area contributed by atoms with Crippen LogP contribution < -0.4 is 10.1 Å². The number of ether oxygens (including phenoxy) is 1. The summed E-state index contributed by atoms with van der Waals surface area (Å²) in [4.78, 5) is 12.3. The van der Waals surface area contributed by atoms with Crippen molar-refractivity contribution in [2.75, 3.05) is 12.4 Å². The Kier molecular flexibility index (Phi) is 4.77. The normalized spacial score (nSPS) is 10.1. The molecule has 0 saturated heterocycles. The molecule has 0 unspecified atom stereocenters. The molecule has 2 aromatic carbocycles. The van der Waals surface area contributed by atoms with E-state index in [1.54, 1.807) is 48.5 Å². The van der Waals surface area contributed by atoms with Crippen LogP contribution in [0.25, 0.3) is 0 Å². The van der Waals surface area contributed by atoms with Crippen molar-refractivity contribution >= 4 is 11.6 Å². The molecule has 124 valence electrons. The number of hydrogen-bond donors (Lipinski definition) is 1. The molecule has 0 saturated carbocycles. The molecule has 0 bridgehead atoms. The van der Waals surface area contributed by atoms with Gasteiger partial charge >= 0.3 is 0 Å². The van der Waals surface area contributed by atoms with Gasteiger partial charge in [-0.05, 0) is 35.9 Å². The molecule has 0 fully saturated rings. The molecular formula is C19H16N4O2. The number of hydrogen-bond acceptors (Lipinski definition) is 4. The molecule has 1 amide bonds. The molecule has 0 atom stereocenters. The summed E-state index contributed by atoms with van der Waals surface area (Å²) in [6, 6.07) is 16.3. The van der Waals surface area contributed by atoms with Crippen LogP contribution in [0.1, 0.15) is 21.5 Å². The van der Waals surface area contributed by atoms with Crippen molar-refractivity contribution < 1.29 is 9.53 Å². The maximum absolute atomic E-state index is 12.3. The van der Waals surface area contributed by atoms with Crippen LogP contribution in [0.4, 0.5) is 5.69 Å². The molecule has 25 heavy (non-hydrogen) atoms. The number of nitrogens with one attached hydrogen (secondary N) is 1. The van der Waals surface area contributed by atoms with Crippen LogP contribution in [0.15, 0.2) is 60.9 Å². The van der Waals surface area contributed by atoms with E-state index in [1.165, 1.54) is 0 Å². The molecule has 0 spiro atoms. The number of amides is 1. The second kappa shape index (κ2) is 7.32. The Hall–Kier alpha value is -3.59. The fraction of sp³-hybridized carbons (Fsp3) is 0.105. The maximum atomic E-state index is 12.3. The lowest BCUT2D eigenvalue weighted by molar-refractivity contribution is 0.102. The highest BCUT2D eigenvalue weighted by Crippen LogP contribution is 2.15. The monoisotopic (exact) mass is 332 g/mol. The molecule has 6 nitrogen and oxygen atoms in total. The number of rotatable bonds is 5. The highest BCUT2D eigenvalue weighted by atomic mass is 16.5. The quantitative estimate of drug-likeness (QED) is 0.779. The van der Waals surface area contributed by atoms with Gasteiger partial charge in [-0.2, -0.15) is 10.4 Å². The van der Waals surface area contributed by atoms with Crippen molar-refractivity contribution in [1.82, 2.24) is 9.78 Å². The molecule has 0 radical (unpaired) electrons. The Balaban J connectivity index is 1.68. The van der Waals surface area contributed by atoms with Crippen LogP contribution >= 0.6 is 0 Å². The molecule has 1 aromatic heterocycles. The molecule has 3 aromatic rings. The van der Waals surface area contributed by atoms with Crippen molar-refractivity contribution in [3.8, 4) is 11.8 Å². The number of anilines is 1. The zero-order valence-corrected chi connectivity index (χ0v) is 13.6. The van der Waals surface area contributed by atoms with Crippen molar-refractivity contribution in [2.45, 2.75) is 6.54 Å². The Bertz CT molecular complexity index is 940. The van der Waals surface area contributed by atoms with E-state index in [0.717, 1.165) is 11.3 Å². The van der Waals surface area contributed by atoms with E-state index in [0.29, 0.717) is 23.4 Å². The fourth-order valence-corrected chi connectivity index (χ4v) is 2.41. The van der Waals surface area contributed by atoms with Gasteiger partial charge in [0.05, 0.1) is 37.2 Å². The minimum atomic E-state index is -0.280. The highest BCUT2D eigenvalue weighted by molar-refractivity contribution is 6.04. The van der Waals surface area contributed by atoms with E-state index in [1.807, 2.05) is 30.3 Å². The van der Waals surface area contributed by atoms with Crippen molar-refractivity contribution in [3.63, 3.8) is 0 Å². The molecule has 3 rings (SSSR count). The van der Waals surface area contributed by atoms with Gasteiger partial charge in [-0.25, -0.2) is 0 Å². The summed E-state index contributed by atoms with van der Waals surface area (Å²) in [6.45, 7) is 0.566. The molecule has 1 heterocycles. The smallest absolute Gasteiger partial charge is 0.255 e. The number of methoxy groups -OCH3 is 1. The zero-order valence-electron chi connectivity index (χ0n) is 13.6. The Morgan fingerprint density at radius 3 is 2.92 bits per heavy atom. The second-order valence-corrected chi connectivity index (χ2v) is 5.42. The summed E-state index contributed by atoms with van der Waals surface area (Å²) in [5.74, 6) is 0.508. The molecule has 1 N–H and O–H groups in total. The first-order valence-electron chi connectivity index (χ1n) is 7.65. The van der Waals surface area contributed by atoms with Gasteiger partial charge in [-0.3, -0.25) is 9.48 Å². The molecule has 6 heteroatoms. The van der Waals surface area contributed by atoms with Gasteiger partial charge in [0.25, 0.3) is 5.91 Å². The summed E-state index contributed by atoms with van der Waals surface area (Å²) in [7, 11) is 1.63. The first-order chi connectivity index (χ1) is 12.2. The number of carbonyl (C=O) groups excluding carboxylic acids is 1. The summed E-state index contributed by atoms with van der Waals surface area (Å²) in [5, 5.41) is 15.9. The minimum Gasteiger partial charge on any atom is -0.497 e. The van der Waals surface area contributed by atoms with Crippen LogP contribution in [0, 0.1) is 11.3 Å². The number of nitrogens with zero attached hydrogens (tertiary/aromatic N) is 3. The van der Waals surface area contributed by atoms with Crippen LogP contribution in [0.5, 0.6) is 5.75 Å². The van der Waals surface area contributed by atoms with Gasteiger partial charge in [-0.1, -0.05) is 18.2 Å².